The number of ether oxygens (including phenoxy) is 2. The Labute approximate surface area is 92.9 Å². The van der Waals surface area contributed by atoms with Crippen LogP contribution in [0.1, 0.15) is 23.0 Å². The molecule has 0 spiro atoms. The van der Waals surface area contributed by atoms with Crippen LogP contribution in [0.3, 0.4) is 0 Å². The highest BCUT2D eigenvalue weighted by Crippen LogP contribution is 2.13. The number of hydrogen-bond acceptors (Lipinski definition) is 5. The largest absolute Gasteiger partial charge is 0.476 e. The molecule has 1 aromatic heterocycles. The van der Waals surface area contributed by atoms with Gasteiger partial charge < -0.3 is 9.47 Å². The van der Waals surface area contributed by atoms with Crippen LogP contribution in [0.15, 0.2) is 6.07 Å². The first-order valence-electron chi connectivity index (χ1n) is 4.41. The molecule has 0 amide bonds. The summed E-state index contributed by atoms with van der Waals surface area (Å²) in [7, 11) is 2.66. The summed E-state index contributed by atoms with van der Waals surface area (Å²) >= 11 is 0. The topological polar surface area (TPSA) is 78.3 Å². The number of nitrogen functional groups attached to an aromatic ring is 1. The van der Waals surface area contributed by atoms with E-state index in [2.05, 4.69) is 21.7 Å². The van der Waals surface area contributed by atoms with E-state index in [1.807, 2.05) is 0 Å². The number of methoxy groups -OCH3 is 2. The number of nitrogens with zero attached hydrogens (tertiary/aromatic N) is 2. The van der Waals surface area contributed by atoms with Crippen molar-refractivity contribution in [2.75, 3.05) is 20.1 Å². The lowest BCUT2D eigenvalue weighted by Gasteiger charge is -2.02. The highest BCUT2D eigenvalue weighted by Gasteiger charge is 2.22. The minimum atomic E-state index is -0.552. The van der Waals surface area contributed by atoms with Crippen molar-refractivity contribution in [2.45, 2.75) is 6.92 Å². The second kappa shape index (κ2) is 4.98. The third-order valence-corrected chi connectivity index (χ3v) is 1.81. The molecule has 1 aromatic rings. The van der Waals surface area contributed by atoms with Crippen LogP contribution >= 0.6 is 0 Å². The molecule has 6 nitrogen and oxygen atoms in total. The maximum Gasteiger partial charge on any atom is 0.343 e. The number of aromatic nitrogens is 2. The summed E-state index contributed by atoms with van der Waals surface area (Å²) in [6, 6.07) is 1.47. The van der Waals surface area contributed by atoms with Gasteiger partial charge in [0.25, 0.3) is 5.88 Å². The average molecular weight is 222 g/mol. The summed E-state index contributed by atoms with van der Waals surface area (Å²) in [5.41, 5.74) is 0.577. The first-order valence-corrected chi connectivity index (χ1v) is 4.41. The number of hydrogen-bond donors (Lipinski definition) is 1. The number of esters is 1. The fourth-order valence-corrected chi connectivity index (χ4v) is 1.10. The van der Waals surface area contributed by atoms with Crippen LogP contribution in [0.2, 0.25) is 0 Å². The van der Waals surface area contributed by atoms with Crippen LogP contribution in [-0.2, 0) is 4.74 Å². The van der Waals surface area contributed by atoms with Gasteiger partial charge in [0.2, 0.25) is 0 Å². The van der Waals surface area contributed by atoms with Crippen molar-refractivity contribution in [3.8, 4) is 17.7 Å². The van der Waals surface area contributed by atoms with Gasteiger partial charge in [-0.1, -0.05) is 5.92 Å². The second-order valence-electron chi connectivity index (χ2n) is 2.76. The van der Waals surface area contributed by atoms with Gasteiger partial charge in [0.1, 0.15) is 5.56 Å². The Hall–Kier alpha value is -2.29. The van der Waals surface area contributed by atoms with Crippen molar-refractivity contribution < 1.29 is 19.1 Å². The first kappa shape index (κ1) is 11.8. The summed E-state index contributed by atoms with van der Waals surface area (Å²) in [5.74, 6) is 10.5. The van der Waals surface area contributed by atoms with E-state index in [-0.39, 0.29) is 11.4 Å². The molecule has 0 atom stereocenters. The van der Waals surface area contributed by atoms with Crippen LogP contribution < -0.4 is 15.4 Å². The third-order valence-electron chi connectivity index (χ3n) is 1.81. The SMILES string of the molecule is CC#Cc1cc(C(=O)OC)c(OC)n[n+]1N. The van der Waals surface area contributed by atoms with E-state index in [9.17, 15) is 4.79 Å². The Bertz CT molecular complexity index is 474. The molecule has 0 unspecified atom stereocenters. The fraction of sp³-hybridized carbons (Fsp3) is 0.300. The highest BCUT2D eigenvalue weighted by molar-refractivity contribution is 5.91. The number of carbonyl (C=O) groups excluding carboxylic acids is 1. The predicted octanol–water partition coefficient (Wildman–Crippen LogP) is -0.750. The number of nitrogens with two attached hydrogens (primary N) is 1. The van der Waals surface area contributed by atoms with Crippen molar-refractivity contribution in [3.05, 3.63) is 17.3 Å². The molecule has 2 N–H and O–H groups in total. The molecule has 0 fully saturated rings. The van der Waals surface area contributed by atoms with Gasteiger partial charge in [-0.2, -0.15) is 5.84 Å². The van der Waals surface area contributed by atoms with Crippen LogP contribution in [0.5, 0.6) is 5.88 Å². The van der Waals surface area contributed by atoms with Crippen LogP contribution in [0, 0.1) is 11.8 Å². The lowest BCUT2D eigenvalue weighted by Crippen LogP contribution is -2.51. The summed E-state index contributed by atoms with van der Waals surface area (Å²) in [5, 5.41) is 3.85. The second-order valence-corrected chi connectivity index (χ2v) is 2.76. The molecule has 0 aliphatic rings. The highest BCUT2D eigenvalue weighted by atomic mass is 16.5. The molecule has 0 aliphatic heterocycles. The monoisotopic (exact) mass is 222 g/mol. The smallest absolute Gasteiger partial charge is 0.343 e. The Morgan fingerprint density at radius 1 is 1.56 bits per heavy atom. The normalized spacial score (nSPS) is 8.94. The van der Waals surface area contributed by atoms with Crippen molar-refractivity contribution in [3.63, 3.8) is 0 Å². The van der Waals surface area contributed by atoms with Gasteiger partial charge in [-0.05, 0) is 6.92 Å². The van der Waals surface area contributed by atoms with Gasteiger partial charge in [-0.25, -0.2) is 4.79 Å². The molecule has 84 valence electrons. The number of rotatable bonds is 2. The van der Waals surface area contributed by atoms with Gasteiger partial charge in [-0.3, -0.25) is 0 Å². The van der Waals surface area contributed by atoms with Gasteiger partial charge in [0.05, 0.1) is 19.3 Å². The quantitative estimate of drug-likeness (QED) is 0.308. The van der Waals surface area contributed by atoms with E-state index in [1.54, 1.807) is 6.92 Å². The molecule has 0 saturated heterocycles. The van der Waals surface area contributed by atoms with Gasteiger partial charge >= 0.3 is 11.7 Å². The summed E-state index contributed by atoms with van der Waals surface area (Å²) < 4.78 is 9.52. The summed E-state index contributed by atoms with van der Waals surface area (Å²) in [6.45, 7) is 1.65. The molecule has 16 heavy (non-hydrogen) atoms. The van der Waals surface area contributed by atoms with Crippen LogP contribution in [0.4, 0.5) is 0 Å². The Kier molecular flexibility index (Phi) is 3.67. The molecular weight excluding hydrogens is 210 g/mol. The van der Waals surface area contributed by atoms with E-state index in [1.165, 1.54) is 20.3 Å². The Morgan fingerprint density at radius 2 is 2.25 bits per heavy atom. The van der Waals surface area contributed by atoms with Crippen molar-refractivity contribution in [1.82, 2.24) is 5.10 Å². The van der Waals surface area contributed by atoms with Gasteiger partial charge in [0, 0.05) is 16.8 Å². The van der Waals surface area contributed by atoms with E-state index in [0.717, 1.165) is 4.79 Å². The van der Waals surface area contributed by atoms with Crippen molar-refractivity contribution in [2.24, 2.45) is 0 Å². The first-order chi connectivity index (χ1) is 7.63. The van der Waals surface area contributed by atoms with E-state index in [0.29, 0.717) is 5.69 Å². The van der Waals surface area contributed by atoms with Crippen molar-refractivity contribution in [1.29, 1.82) is 0 Å². The molecule has 0 saturated carbocycles. The number of carbonyl (C=O) groups is 1. The lowest BCUT2D eigenvalue weighted by molar-refractivity contribution is -0.703. The van der Waals surface area contributed by atoms with Crippen molar-refractivity contribution >= 4 is 5.97 Å². The molecule has 0 aromatic carbocycles. The molecule has 0 aliphatic carbocycles. The van der Waals surface area contributed by atoms with E-state index < -0.39 is 5.97 Å². The Morgan fingerprint density at radius 3 is 2.75 bits per heavy atom. The molecule has 0 bridgehead atoms. The average Bonchev–Trinajstić information content (AvgIpc) is 2.30. The summed E-state index contributed by atoms with van der Waals surface area (Å²) in [4.78, 5) is 12.5. The lowest BCUT2D eigenvalue weighted by atomic mass is 10.2. The minimum Gasteiger partial charge on any atom is -0.476 e. The maximum absolute atomic E-state index is 11.4. The minimum absolute atomic E-state index is 0.0935. The van der Waals surface area contributed by atoms with Crippen LogP contribution in [-0.4, -0.2) is 25.3 Å². The van der Waals surface area contributed by atoms with Crippen LogP contribution in [0.25, 0.3) is 0 Å². The maximum atomic E-state index is 11.4. The van der Waals surface area contributed by atoms with E-state index >= 15 is 0 Å². The molecular formula is C10H12N3O3+. The zero-order valence-electron chi connectivity index (χ0n) is 9.27. The van der Waals surface area contributed by atoms with Gasteiger partial charge in [0.15, 0.2) is 0 Å². The molecule has 6 heteroatoms. The zero-order chi connectivity index (χ0) is 12.1. The molecule has 1 heterocycles. The Balaban J connectivity index is 3.37. The zero-order valence-corrected chi connectivity index (χ0v) is 9.27. The fourth-order valence-electron chi connectivity index (χ4n) is 1.10. The standard InChI is InChI=1S/C10H11N3O3/c1-4-5-7-6-8(10(14)16-3)9(15-2)12-13(7)11/h6H,1-3H3,(H-,11,12,14)/p+1. The molecule has 1 rings (SSSR count). The van der Waals surface area contributed by atoms with E-state index in [4.69, 9.17) is 10.6 Å². The summed E-state index contributed by atoms with van der Waals surface area (Å²) in [6.07, 6.45) is 0. The molecule has 0 radical (unpaired) electrons. The van der Waals surface area contributed by atoms with Gasteiger partial charge in [-0.15, -0.1) is 0 Å². The predicted molar refractivity (Wildman–Crippen MR) is 55.0 cm³/mol. The third kappa shape index (κ3) is 2.20.